The predicted octanol–water partition coefficient (Wildman–Crippen LogP) is 0.902. The number of aryl methyl sites for hydroxylation is 1. The zero-order valence-corrected chi connectivity index (χ0v) is 15.3. The number of pyridine rings is 1. The second-order valence-corrected chi connectivity index (χ2v) is 5.82. The van der Waals surface area contributed by atoms with E-state index in [9.17, 15) is 14.4 Å². The van der Waals surface area contributed by atoms with Gasteiger partial charge in [0.25, 0.3) is 11.5 Å². The van der Waals surface area contributed by atoms with Crippen molar-refractivity contribution in [1.29, 1.82) is 0 Å². The van der Waals surface area contributed by atoms with Crippen LogP contribution in [0.4, 0.5) is 5.69 Å². The molecule has 0 aliphatic heterocycles. The topological polar surface area (TPSA) is 104 Å². The number of carbonyl (C=O) groups is 1. The molecule has 140 valence electrons. The van der Waals surface area contributed by atoms with Gasteiger partial charge in [-0.15, -0.1) is 0 Å². The van der Waals surface area contributed by atoms with Gasteiger partial charge in [-0.1, -0.05) is 0 Å². The number of fused-ring (bicyclic) bond motifs is 1. The van der Waals surface area contributed by atoms with Crippen LogP contribution in [-0.2, 0) is 14.1 Å². The number of ether oxygens (including phenoxy) is 2. The molecule has 2 aromatic heterocycles. The lowest BCUT2D eigenvalue weighted by molar-refractivity contribution is 0.102. The Hall–Kier alpha value is -3.62. The van der Waals surface area contributed by atoms with E-state index in [2.05, 4.69) is 10.3 Å². The van der Waals surface area contributed by atoms with E-state index in [4.69, 9.17) is 9.47 Å². The fourth-order valence-corrected chi connectivity index (χ4v) is 2.72. The molecule has 0 spiro atoms. The Morgan fingerprint density at radius 1 is 1.04 bits per heavy atom. The second-order valence-electron chi connectivity index (χ2n) is 5.82. The van der Waals surface area contributed by atoms with Crippen molar-refractivity contribution in [3.63, 3.8) is 0 Å². The Balaban J connectivity index is 2.12. The fourth-order valence-electron chi connectivity index (χ4n) is 2.72. The highest BCUT2D eigenvalue weighted by atomic mass is 16.5. The van der Waals surface area contributed by atoms with E-state index in [1.165, 1.54) is 45.1 Å². The number of carbonyl (C=O) groups excluding carboxylic acids is 1. The van der Waals surface area contributed by atoms with Crippen LogP contribution in [0, 0.1) is 0 Å². The third kappa shape index (κ3) is 3.14. The Morgan fingerprint density at radius 2 is 1.67 bits per heavy atom. The highest BCUT2D eigenvalue weighted by Gasteiger charge is 2.16. The first-order valence-electron chi connectivity index (χ1n) is 7.96. The second kappa shape index (κ2) is 6.94. The van der Waals surface area contributed by atoms with E-state index in [-0.39, 0.29) is 22.3 Å². The molecule has 0 bridgehead atoms. The monoisotopic (exact) mass is 370 g/mol. The molecule has 0 saturated heterocycles. The largest absolute Gasteiger partial charge is 0.497 e. The average molecular weight is 370 g/mol. The van der Waals surface area contributed by atoms with Crippen LogP contribution in [0.5, 0.6) is 11.5 Å². The summed E-state index contributed by atoms with van der Waals surface area (Å²) in [6.07, 6.45) is 1.42. The molecule has 27 heavy (non-hydrogen) atoms. The summed E-state index contributed by atoms with van der Waals surface area (Å²) < 4.78 is 12.6. The number of benzene rings is 1. The van der Waals surface area contributed by atoms with Crippen molar-refractivity contribution in [1.82, 2.24) is 14.1 Å². The van der Waals surface area contributed by atoms with Crippen LogP contribution in [0.2, 0.25) is 0 Å². The van der Waals surface area contributed by atoms with Crippen LogP contribution < -0.4 is 26.0 Å². The van der Waals surface area contributed by atoms with Crippen LogP contribution >= 0.6 is 0 Å². The van der Waals surface area contributed by atoms with Crippen LogP contribution in [-0.4, -0.2) is 34.2 Å². The van der Waals surface area contributed by atoms with Gasteiger partial charge in [0.15, 0.2) is 5.65 Å². The molecule has 0 fully saturated rings. The minimum atomic E-state index is -0.542. The van der Waals surface area contributed by atoms with Gasteiger partial charge in [-0.25, -0.2) is 9.78 Å². The maximum absolute atomic E-state index is 12.7. The first-order chi connectivity index (χ1) is 12.9. The summed E-state index contributed by atoms with van der Waals surface area (Å²) in [4.78, 5) is 41.4. The van der Waals surface area contributed by atoms with Crippen molar-refractivity contribution >= 4 is 22.6 Å². The minimum absolute atomic E-state index is 0.144. The van der Waals surface area contributed by atoms with E-state index >= 15 is 0 Å². The number of amides is 1. The lowest BCUT2D eigenvalue weighted by Crippen LogP contribution is -2.37. The Kier molecular flexibility index (Phi) is 4.68. The van der Waals surface area contributed by atoms with Crippen molar-refractivity contribution in [2.75, 3.05) is 19.5 Å². The van der Waals surface area contributed by atoms with Gasteiger partial charge < -0.3 is 14.8 Å². The number of nitrogens with zero attached hydrogens (tertiary/aromatic N) is 3. The molecule has 1 amide bonds. The zero-order valence-electron chi connectivity index (χ0n) is 15.3. The van der Waals surface area contributed by atoms with Crippen LogP contribution in [0.1, 0.15) is 10.4 Å². The summed E-state index contributed by atoms with van der Waals surface area (Å²) in [6, 6.07) is 6.25. The van der Waals surface area contributed by atoms with Crippen LogP contribution in [0.15, 0.2) is 40.1 Å². The number of methoxy groups -OCH3 is 2. The minimum Gasteiger partial charge on any atom is -0.497 e. The summed E-state index contributed by atoms with van der Waals surface area (Å²) in [6.45, 7) is 0. The summed E-state index contributed by atoms with van der Waals surface area (Å²) in [5, 5.41) is 2.84. The summed E-state index contributed by atoms with van der Waals surface area (Å²) in [7, 11) is 5.85. The van der Waals surface area contributed by atoms with Gasteiger partial charge in [-0.3, -0.25) is 18.7 Å². The molecule has 0 atom stereocenters. The van der Waals surface area contributed by atoms with E-state index < -0.39 is 17.2 Å². The maximum atomic E-state index is 12.7. The van der Waals surface area contributed by atoms with Crippen molar-refractivity contribution < 1.29 is 14.3 Å². The molecule has 0 unspecified atom stereocenters. The summed E-state index contributed by atoms with van der Waals surface area (Å²) in [5.41, 5.74) is -0.314. The Morgan fingerprint density at radius 3 is 2.26 bits per heavy atom. The van der Waals surface area contributed by atoms with Gasteiger partial charge in [0.05, 0.1) is 19.9 Å². The van der Waals surface area contributed by atoms with Crippen LogP contribution in [0.25, 0.3) is 11.0 Å². The Bertz CT molecular complexity index is 1140. The molecule has 3 aromatic rings. The first kappa shape index (κ1) is 18.2. The molecule has 0 aliphatic rings. The number of hydrogen-bond acceptors (Lipinski definition) is 6. The lowest BCUT2D eigenvalue weighted by atomic mass is 10.1. The van der Waals surface area contributed by atoms with E-state index in [0.29, 0.717) is 11.5 Å². The van der Waals surface area contributed by atoms with Crippen molar-refractivity contribution in [2.24, 2.45) is 14.1 Å². The molecule has 9 heteroatoms. The molecular weight excluding hydrogens is 352 g/mol. The molecule has 0 radical (unpaired) electrons. The van der Waals surface area contributed by atoms with E-state index in [1.807, 2.05) is 0 Å². The number of aromatic nitrogens is 3. The predicted molar refractivity (Wildman–Crippen MR) is 99.7 cm³/mol. The zero-order chi connectivity index (χ0) is 19.7. The van der Waals surface area contributed by atoms with Gasteiger partial charge >= 0.3 is 5.69 Å². The molecular formula is C18H18N4O5. The van der Waals surface area contributed by atoms with Gasteiger partial charge in [0.2, 0.25) is 0 Å². The van der Waals surface area contributed by atoms with Gasteiger partial charge in [-0.2, -0.15) is 0 Å². The highest BCUT2D eigenvalue weighted by molar-refractivity contribution is 6.08. The third-order valence-electron chi connectivity index (χ3n) is 4.20. The molecule has 1 aromatic carbocycles. The summed E-state index contributed by atoms with van der Waals surface area (Å²) in [5.74, 6) is 0.449. The molecule has 1 N–H and O–H groups in total. The highest BCUT2D eigenvalue weighted by Crippen LogP contribution is 2.24. The van der Waals surface area contributed by atoms with Crippen LogP contribution in [0.3, 0.4) is 0 Å². The SMILES string of the molecule is COc1cc(OC)cc(C(=O)Nc2ccnc3c2c(=O)n(C)c(=O)n3C)c1. The molecule has 0 saturated carbocycles. The van der Waals surface area contributed by atoms with E-state index in [1.54, 1.807) is 18.2 Å². The van der Waals surface area contributed by atoms with Crippen molar-refractivity contribution in [2.45, 2.75) is 0 Å². The normalized spacial score (nSPS) is 10.7. The third-order valence-corrected chi connectivity index (χ3v) is 4.20. The molecule has 9 nitrogen and oxygen atoms in total. The molecule has 0 aliphatic carbocycles. The van der Waals surface area contributed by atoms with E-state index in [0.717, 1.165) is 4.57 Å². The fraction of sp³-hybridized carbons (Fsp3) is 0.222. The molecule has 3 rings (SSSR count). The average Bonchev–Trinajstić information content (AvgIpc) is 2.69. The maximum Gasteiger partial charge on any atom is 0.332 e. The number of hydrogen-bond donors (Lipinski definition) is 1. The standard InChI is InChI=1S/C18H18N4O5/c1-21-15-14(17(24)22(2)18(21)25)13(5-6-19-15)20-16(23)10-7-11(26-3)9-12(8-10)27-4/h5-9H,1-4H3,(H,19,20,23). The van der Waals surface area contributed by atoms with Crippen molar-refractivity contribution in [3.8, 4) is 11.5 Å². The number of nitrogens with one attached hydrogen (secondary N) is 1. The number of rotatable bonds is 4. The van der Waals surface area contributed by atoms with Crippen molar-refractivity contribution in [3.05, 3.63) is 56.9 Å². The quantitative estimate of drug-likeness (QED) is 0.732. The Labute approximate surface area is 153 Å². The first-order valence-corrected chi connectivity index (χ1v) is 7.96. The lowest BCUT2D eigenvalue weighted by Gasteiger charge is -2.12. The smallest absolute Gasteiger partial charge is 0.332 e. The van der Waals surface area contributed by atoms with Gasteiger partial charge in [0.1, 0.15) is 16.9 Å². The van der Waals surface area contributed by atoms with Gasteiger partial charge in [-0.05, 0) is 18.2 Å². The molecule has 2 heterocycles. The van der Waals surface area contributed by atoms with Gasteiger partial charge in [0, 0.05) is 31.9 Å². The number of anilines is 1. The summed E-state index contributed by atoms with van der Waals surface area (Å²) >= 11 is 0.